The van der Waals surface area contributed by atoms with E-state index in [9.17, 15) is 0 Å². The predicted molar refractivity (Wildman–Crippen MR) is 107 cm³/mol. The molecule has 0 radical (unpaired) electrons. The van der Waals surface area contributed by atoms with E-state index in [1.807, 2.05) is 6.07 Å². The van der Waals surface area contributed by atoms with Crippen molar-refractivity contribution < 1.29 is 4.52 Å². The molecular formula is C19H26BrN5O. The standard InChI is InChI=1S/C19H26BrN5O/c1-3-21-19(22-14-18-8-13-26-23-18)25-11-9-24(10-12-25)15(2)16-4-6-17(20)7-5-16/h4-8,13,15H,3,9-12,14H2,1-2H3,(H,21,22). The van der Waals surface area contributed by atoms with Gasteiger partial charge < -0.3 is 14.7 Å². The molecular weight excluding hydrogens is 394 g/mol. The Morgan fingerprint density at radius 1 is 1.23 bits per heavy atom. The molecule has 1 saturated heterocycles. The fraction of sp³-hybridized carbons (Fsp3) is 0.474. The number of nitrogens with one attached hydrogen (secondary N) is 1. The number of guanidine groups is 1. The average molecular weight is 420 g/mol. The van der Waals surface area contributed by atoms with Gasteiger partial charge in [-0.1, -0.05) is 33.2 Å². The highest BCUT2D eigenvalue weighted by atomic mass is 79.9. The lowest BCUT2D eigenvalue weighted by Gasteiger charge is -2.39. The molecule has 3 rings (SSSR count). The van der Waals surface area contributed by atoms with Crippen LogP contribution in [0.15, 0.2) is 50.6 Å². The SMILES string of the molecule is CCNC(=NCc1ccon1)N1CCN(C(C)c2ccc(Br)cc2)CC1. The molecule has 1 fully saturated rings. The number of piperazine rings is 1. The Labute approximate surface area is 163 Å². The van der Waals surface area contributed by atoms with Gasteiger partial charge >= 0.3 is 0 Å². The second kappa shape index (κ2) is 9.19. The van der Waals surface area contributed by atoms with Crippen molar-refractivity contribution in [3.8, 4) is 0 Å². The number of hydrogen-bond acceptors (Lipinski definition) is 4. The molecule has 0 bridgehead atoms. The third kappa shape index (κ3) is 4.86. The van der Waals surface area contributed by atoms with Crippen LogP contribution in [0, 0.1) is 0 Å². The molecule has 1 aromatic heterocycles. The Morgan fingerprint density at radius 2 is 1.96 bits per heavy atom. The van der Waals surface area contributed by atoms with E-state index in [2.05, 4.69) is 74.3 Å². The lowest BCUT2D eigenvalue weighted by Crippen LogP contribution is -2.52. The van der Waals surface area contributed by atoms with Crippen LogP contribution in [0.25, 0.3) is 0 Å². The van der Waals surface area contributed by atoms with Crippen molar-refractivity contribution in [3.63, 3.8) is 0 Å². The van der Waals surface area contributed by atoms with Gasteiger partial charge in [-0.15, -0.1) is 0 Å². The first kappa shape index (κ1) is 18.9. The summed E-state index contributed by atoms with van der Waals surface area (Å²) in [6.45, 7) is 9.73. The maximum Gasteiger partial charge on any atom is 0.194 e. The van der Waals surface area contributed by atoms with E-state index in [0.717, 1.165) is 48.8 Å². The Kier molecular flexibility index (Phi) is 6.68. The molecule has 140 valence electrons. The van der Waals surface area contributed by atoms with Crippen LogP contribution >= 0.6 is 15.9 Å². The molecule has 26 heavy (non-hydrogen) atoms. The summed E-state index contributed by atoms with van der Waals surface area (Å²) in [6, 6.07) is 10.9. The molecule has 1 unspecified atom stereocenters. The van der Waals surface area contributed by atoms with Gasteiger partial charge in [0.1, 0.15) is 12.0 Å². The molecule has 1 aliphatic rings. The quantitative estimate of drug-likeness (QED) is 0.595. The van der Waals surface area contributed by atoms with Crippen LogP contribution in [-0.2, 0) is 6.54 Å². The number of nitrogens with zero attached hydrogens (tertiary/aromatic N) is 4. The number of rotatable bonds is 5. The van der Waals surface area contributed by atoms with E-state index < -0.39 is 0 Å². The third-order valence-corrected chi connectivity index (χ3v) is 5.26. The Bertz CT molecular complexity index is 693. The highest BCUT2D eigenvalue weighted by Gasteiger charge is 2.23. The molecule has 0 saturated carbocycles. The number of benzene rings is 1. The van der Waals surface area contributed by atoms with E-state index in [1.165, 1.54) is 5.56 Å². The Balaban J connectivity index is 1.58. The van der Waals surface area contributed by atoms with Crippen molar-refractivity contribution in [2.24, 2.45) is 4.99 Å². The number of halogens is 1. The first-order valence-corrected chi connectivity index (χ1v) is 9.88. The molecule has 0 spiro atoms. The van der Waals surface area contributed by atoms with E-state index in [1.54, 1.807) is 6.26 Å². The van der Waals surface area contributed by atoms with Crippen molar-refractivity contribution in [2.75, 3.05) is 32.7 Å². The fourth-order valence-corrected chi connectivity index (χ4v) is 3.44. The minimum atomic E-state index is 0.417. The van der Waals surface area contributed by atoms with Crippen LogP contribution in [0.3, 0.4) is 0 Å². The highest BCUT2D eigenvalue weighted by molar-refractivity contribution is 9.10. The summed E-state index contributed by atoms with van der Waals surface area (Å²) < 4.78 is 6.00. The predicted octanol–water partition coefficient (Wildman–Crippen LogP) is 3.28. The van der Waals surface area contributed by atoms with Gasteiger partial charge in [-0.3, -0.25) is 4.90 Å². The number of aromatic nitrogens is 1. The zero-order chi connectivity index (χ0) is 18.4. The summed E-state index contributed by atoms with van der Waals surface area (Å²) in [5.41, 5.74) is 2.20. The normalized spacial score (nSPS) is 17.3. The van der Waals surface area contributed by atoms with Gasteiger partial charge in [-0.2, -0.15) is 0 Å². The van der Waals surface area contributed by atoms with Crippen LogP contribution < -0.4 is 5.32 Å². The van der Waals surface area contributed by atoms with Gasteiger partial charge in [0.05, 0.1) is 6.54 Å². The van der Waals surface area contributed by atoms with E-state index in [-0.39, 0.29) is 0 Å². The first-order chi connectivity index (χ1) is 12.7. The van der Waals surface area contributed by atoms with Gasteiger partial charge in [-0.25, -0.2) is 4.99 Å². The smallest absolute Gasteiger partial charge is 0.194 e. The maximum absolute atomic E-state index is 4.88. The van der Waals surface area contributed by atoms with E-state index in [4.69, 9.17) is 9.52 Å². The van der Waals surface area contributed by atoms with Crippen LogP contribution in [0.4, 0.5) is 0 Å². The molecule has 1 aliphatic heterocycles. The molecule has 6 nitrogen and oxygen atoms in total. The van der Waals surface area contributed by atoms with Crippen molar-refractivity contribution >= 4 is 21.9 Å². The summed E-state index contributed by atoms with van der Waals surface area (Å²) in [5.74, 6) is 0.950. The maximum atomic E-state index is 4.88. The van der Waals surface area contributed by atoms with Crippen LogP contribution in [0.1, 0.15) is 31.1 Å². The lowest BCUT2D eigenvalue weighted by molar-refractivity contribution is 0.138. The molecule has 7 heteroatoms. The molecule has 0 aliphatic carbocycles. The highest BCUT2D eigenvalue weighted by Crippen LogP contribution is 2.23. The average Bonchev–Trinajstić information content (AvgIpc) is 3.19. The lowest BCUT2D eigenvalue weighted by atomic mass is 10.1. The fourth-order valence-electron chi connectivity index (χ4n) is 3.17. The summed E-state index contributed by atoms with van der Waals surface area (Å²) in [7, 11) is 0. The summed E-state index contributed by atoms with van der Waals surface area (Å²) in [4.78, 5) is 9.56. The van der Waals surface area contributed by atoms with E-state index >= 15 is 0 Å². The third-order valence-electron chi connectivity index (χ3n) is 4.73. The van der Waals surface area contributed by atoms with Gasteiger partial charge in [0.15, 0.2) is 5.96 Å². The van der Waals surface area contributed by atoms with Crippen molar-refractivity contribution in [2.45, 2.75) is 26.4 Å². The monoisotopic (exact) mass is 419 g/mol. The van der Waals surface area contributed by atoms with Gasteiger partial charge in [0.2, 0.25) is 0 Å². The van der Waals surface area contributed by atoms with Crippen molar-refractivity contribution in [1.82, 2.24) is 20.3 Å². The van der Waals surface area contributed by atoms with Crippen LogP contribution in [0.5, 0.6) is 0 Å². The van der Waals surface area contributed by atoms with Gasteiger partial charge in [0, 0.05) is 49.3 Å². The second-order valence-electron chi connectivity index (χ2n) is 6.41. The molecule has 1 atom stereocenters. The number of hydrogen-bond donors (Lipinski definition) is 1. The zero-order valence-corrected chi connectivity index (χ0v) is 16.9. The molecule has 1 aromatic carbocycles. The minimum absolute atomic E-state index is 0.417. The van der Waals surface area contributed by atoms with E-state index in [0.29, 0.717) is 12.6 Å². The first-order valence-electron chi connectivity index (χ1n) is 9.09. The summed E-state index contributed by atoms with van der Waals surface area (Å²) in [5, 5.41) is 7.32. The zero-order valence-electron chi connectivity index (χ0n) is 15.4. The molecule has 2 heterocycles. The minimum Gasteiger partial charge on any atom is -0.364 e. The topological polar surface area (TPSA) is 56.9 Å². The van der Waals surface area contributed by atoms with Crippen LogP contribution in [-0.4, -0.2) is 53.6 Å². The van der Waals surface area contributed by atoms with Gasteiger partial charge in [-0.05, 0) is 31.5 Å². The Hall–Kier alpha value is -1.86. The molecule has 1 N–H and O–H groups in total. The largest absolute Gasteiger partial charge is 0.364 e. The summed E-state index contributed by atoms with van der Waals surface area (Å²) >= 11 is 3.51. The molecule has 0 amide bonds. The van der Waals surface area contributed by atoms with Crippen molar-refractivity contribution in [1.29, 1.82) is 0 Å². The molecule has 2 aromatic rings. The van der Waals surface area contributed by atoms with Crippen LogP contribution in [0.2, 0.25) is 0 Å². The second-order valence-corrected chi connectivity index (χ2v) is 7.33. The Morgan fingerprint density at radius 3 is 2.58 bits per heavy atom. The number of aliphatic imine (C=N–C) groups is 1. The summed E-state index contributed by atoms with van der Waals surface area (Å²) in [6.07, 6.45) is 1.58. The van der Waals surface area contributed by atoms with Gasteiger partial charge in [0.25, 0.3) is 0 Å². The van der Waals surface area contributed by atoms with Crippen molar-refractivity contribution in [3.05, 3.63) is 52.3 Å².